The van der Waals surface area contributed by atoms with Gasteiger partial charge in [-0.15, -0.1) is 0 Å². The first kappa shape index (κ1) is 12.0. The molecule has 0 spiro atoms. The van der Waals surface area contributed by atoms with Crippen LogP contribution < -0.4 is 0 Å². The van der Waals surface area contributed by atoms with Crippen LogP contribution in [-0.2, 0) is 16.0 Å². The largest absolute Gasteiger partial charge is 0.416 e. The van der Waals surface area contributed by atoms with Crippen molar-refractivity contribution in [1.82, 2.24) is 0 Å². The van der Waals surface area contributed by atoms with Gasteiger partial charge in [-0.1, -0.05) is 6.07 Å². The predicted molar refractivity (Wildman–Crippen MR) is 49.0 cm³/mol. The summed E-state index contributed by atoms with van der Waals surface area (Å²) in [5.41, 5.74) is -1.26. The van der Waals surface area contributed by atoms with Gasteiger partial charge in [0.25, 0.3) is 0 Å². The average Bonchev–Trinajstić information content (AvgIpc) is 2.00. The van der Waals surface area contributed by atoms with E-state index in [1.807, 2.05) is 0 Å². The molecule has 2 nitrogen and oxygen atoms in total. The highest BCUT2D eigenvalue weighted by atomic mass is 32.2. The fraction of sp³-hybridized carbons (Fsp3) is 0.222. The SMILES string of the molecule is [CH2]c1ccc(S(C)(=O)=O)cc1C(F)(F)F. The van der Waals surface area contributed by atoms with Crippen LogP contribution in [0.1, 0.15) is 11.1 Å². The lowest BCUT2D eigenvalue weighted by Crippen LogP contribution is -2.09. The van der Waals surface area contributed by atoms with Crippen LogP contribution >= 0.6 is 0 Å². The van der Waals surface area contributed by atoms with Gasteiger partial charge in [-0.25, -0.2) is 8.42 Å². The number of rotatable bonds is 1. The van der Waals surface area contributed by atoms with Crippen molar-refractivity contribution in [1.29, 1.82) is 0 Å². The Bertz CT molecular complexity index is 475. The van der Waals surface area contributed by atoms with E-state index in [0.29, 0.717) is 6.07 Å². The van der Waals surface area contributed by atoms with E-state index in [2.05, 4.69) is 6.92 Å². The van der Waals surface area contributed by atoms with Crippen LogP contribution in [0.15, 0.2) is 23.1 Å². The van der Waals surface area contributed by atoms with Gasteiger partial charge < -0.3 is 0 Å². The Kier molecular flexibility index (Phi) is 2.82. The summed E-state index contributed by atoms with van der Waals surface area (Å²) >= 11 is 0. The highest BCUT2D eigenvalue weighted by Gasteiger charge is 2.33. The molecule has 0 amide bonds. The fourth-order valence-electron chi connectivity index (χ4n) is 1.05. The van der Waals surface area contributed by atoms with Crippen LogP contribution in [0.2, 0.25) is 0 Å². The van der Waals surface area contributed by atoms with Crippen LogP contribution in [0.3, 0.4) is 0 Å². The first-order valence-corrected chi connectivity index (χ1v) is 5.75. The molecule has 0 atom stereocenters. The monoisotopic (exact) mass is 237 g/mol. The minimum Gasteiger partial charge on any atom is -0.224 e. The van der Waals surface area contributed by atoms with Gasteiger partial charge in [0.1, 0.15) is 0 Å². The first-order valence-electron chi connectivity index (χ1n) is 3.85. The Morgan fingerprint density at radius 2 is 1.80 bits per heavy atom. The molecule has 0 aliphatic heterocycles. The van der Waals surface area contributed by atoms with E-state index in [-0.39, 0.29) is 10.5 Å². The number of hydrogen-bond acceptors (Lipinski definition) is 2. The van der Waals surface area contributed by atoms with Crippen LogP contribution in [0, 0.1) is 6.92 Å². The summed E-state index contributed by atoms with van der Waals surface area (Å²) in [6.07, 6.45) is -3.73. The molecule has 1 aromatic carbocycles. The summed E-state index contributed by atoms with van der Waals surface area (Å²) in [5, 5.41) is 0. The summed E-state index contributed by atoms with van der Waals surface area (Å²) in [6, 6.07) is 2.74. The summed E-state index contributed by atoms with van der Waals surface area (Å²) in [5.74, 6) is 0. The van der Waals surface area contributed by atoms with E-state index in [1.54, 1.807) is 0 Å². The van der Waals surface area contributed by atoms with E-state index in [1.165, 1.54) is 0 Å². The van der Waals surface area contributed by atoms with Gasteiger partial charge in [-0.3, -0.25) is 0 Å². The molecule has 0 unspecified atom stereocenters. The quantitative estimate of drug-likeness (QED) is 0.751. The molecule has 0 N–H and O–H groups in total. The zero-order valence-electron chi connectivity index (χ0n) is 7.80. The van der Waals surface area contributed by atoms with E-state index in [4.69, 9.17) is 0 Å². The van der Waals surface area contributed by atoms with Crippen molar-refractivity contribution in [2.45, 2.75) is 11.1 Å². The average molecular weight is 237 g/mol. The molecule has 1 rings (SSSR count). The Hall–Kier alpha value is -1.04. The summed E-state index contributed by atoms with van der Waals surface area (Å²) in [7, 11) is -3.63. The zero-order chi connectivity index (χ0) is 11.9. The summed E-state index contributed by atoms with van der Waals surface area (Å²) in [6.45, 7) is 3.20. The highest BCUT2D eigenvalue weighted by molar-refractivity contribution is 7.90. The maximum atomic E-state index is 12.4. The van der Waals surface area contributed by atoms with Crippen molar-refractivity contribution in [2.24, 2.45) is 0 Å². The minimum absolute atomic E-state index is 0.241. The Morgan fingerprint density at radius 3 is 2.20 bits per heavy atom. The Labute approximate surface area is 85.6 Å². The molecule has 0 fully saturated rings. The molecule has 83 valence electrons. The second-order valence-electron chi connectivity index (χ2n) is 3.09. The maximum absolute atomic E-state index is 12.4. The van der Waals surface area contributed by atoms with Crippen LogP contribution in [0.25, 0.3) is 0 Å². The van der Waals surface area contributed by atoms with E-state index in [0.717, 1.165) is 18.4 Å². The molecule has 0 heterocycles. The first-order chi connectivity index (χ1) is 6.62. The molecule has 0 aliphatic carbocycles. The standard InChI is InChI=1S/C9H8F3O2S/c1-6-3-4-7(15(2,13)14)5-8(6)9(10,11)12/h3-5H,1H2,2H3. The molecular weight excluding hydrogens is 229 g/mol. The van der Waals surface area contributed by atoms with Crippen LogP contribution in [0.4, 0.5) is 13.2 Å². The van der Waals surface area contributed by atoms with Crippen molar-refractivity contribution in [2.75, 3.05) is 6.26 Å². The van der Waals surface area contributed by atoms with E-state index < -0.39 is 21.6 Å². The third-order valence-corrected chi connectivity index (χ3v) is 2.93. The van der Waals surface area contributed by atoms with Gasteiger partial charge in [-0.2, -0.15) is 13.2 Å². The molecule has 1 aromatic rings. The molecule has 0 saturated carbocycles. The maximum Gasteiger partial charge on any atom is 0.416 e. The highest BCUT2D eigenvalue weighted by Crippen LogP contribution is 2.33. The Morgan fingerprint density at radius 1 is 1.27 bits per heavy atom. The second-order valence-corrected chi connectivity index (χ2v) is 5.10. The smallest absolute Gasteiger partial charge is 0.224 e. The normalized spacial score (nSPS) is 12.9. The molecular formula is C9H8F3O2S. The zero-order valence-corrected chi connectivity index (χ0v) is 8.61. The molecule has 1 radical (unpaired) electrons. The van der Waals surface area contributed by atoms with Gasteiger partial charge in [0.05, 0.1) is 10.5 Å². The molecule has 0 aromatic heterocycles. The van der Waals surface area contributed by atoms with E-state index in [9.17, 15) is 21.6 Å². The predicted octanol–water partition coefficient (Wildman–Crippen LogP) is 2.29. The van der Waals surface area contributed by atoms with Crippen molar-refractivity contribution < 1.29 is 21.6 Å². The third kappa shape index (κ3) is 2.71. The number of halogens is 3. The molecule has 0 aliphatic rings. The third-order valence-electron chi connectivity index (χ3n) is 1.81. The van der Waals surface area contributed by atoms with Crippen molar-refractivity contribution in [3.05, 3.63) is 36.2 Å². The lowest BCUT2D eigenvalue weighted by Gasteiger charge is -2.10. The second kappa shape index (κ2) is 3.52. The van der Waals surface area contributed by atoms with Gasteiger partial charge >= 0.3 is 6.18 Å². The lowest BCUT2D eigenvalue weighted by molar-refractivity contribution is -0.138. The minimum atomic E-state index is -4.59. The number of alkyl halides is 3. The fourth-order valence-corrected chi connectivity index (χ4v) is 1.70. The van der Waals surface area contributed by atoms with Crippen molar-refractivity contribution in [3.63, 3.8) is 0 Å². The summed E-state index contributed by atoms with van der Waals surface area (Å²) in [4.78, 5) is -0.359. The van der Waals surface area contributed by atoms with Gasteiger partial charge in [-0.05, 0) is 24.6 Å². The number of sulfone groups is 1. The van der Waals surface area contributed by atoms with E-state index >= 15 is 0 Å². The number of benzene rings is 1. The van der Waals surface area contributed by atoms with Crippen LogP contribution in [-0.4, -0.2) is 14.7 Å². The molecule has 0 bridgehead atoms. The molecule has 15 heavy (non-hydrogen) atoms. The topological polar surface area (TPSA) is 34.1 Å². The molecule has 0 saturated heterocycles. The molecule has 6 heteroatoms. The summed E-state index contributed by atoms with van der Waals surface area (Å²) < 4.78 is 59.2. The van der Waals surface area contributed by atoms with Crippen molar-refractivity contribution >= 4 is 9.84 Å². The van der Waals surface area contributed by atoms with Gasteiger partial charge in [0.2, 0.25) is 0 Å². The van der Waals surface area contributed by atoms with Gasteiger partial charge in [0, 0.05) is 6.26 Å². The number of hydrogen-bond donors (Lipinski definition) is 0. The van der Waals surface area contributed by atoms with Crippen LogP contribution in [0.5, 0.6) is 0 Å². The Balaban J connectivity index is 3.43. The van der Waals surface area contributed by atoms with Crippen molar-refractivity contribution in [3.8, 4) is 0 Å². The lowest BCUT2D eigenvalue weighted by atomic mass is 10.1. The van der Waals surface area contributed by atoms with Gasteiger partial charge in [0.15, 0.2) is 9.84 Å².